The highest BCUT2D eigenvalue weighted by molar-refractivity contribution is 9.10. The summed E-state index contributed by atoms with van der Waals surface area (Å²) in [4.78, 5) is 0.241. The SMILES string of the molecule is CCC(C)(CCl)NS(=O)(=O)c1ccc(Br)cc1. The van der Waals surface area contributed by atoms with Gasteiger partial charge in [0.25, 0.3) is 0 Å². The van der Waals surface area contributed by atoms with Gasteiger partial charge in [0.05, 0.1) is 4.90 Å². The van der Waals surface area contributed by atoms with Crippen LogP contribution in [0.25, 0.3) is 0 Å². The lowest BCUT2D eigenvalue weighted by atomic mass is 10.0. The van der Waals surface area contributed by atoms with E-state index >= 15 is 0 Å². The molecule has 0 fully saturated rings. The lowest BCUT2D eigenvalue weighted by Gasteiger charge is -2.26. The Hall–Kier alpha value is -0.100. The predicted molar refractivity (Wildman–Crippen MR) is 73.9 cm³/mol. The van der Waals surface area contributed by atoms with Gasteiger partial charge in [0, 0.05) is 15.9 Å². The highest BCUT2D eigenvalue weighted by Gasteiger charge is 2.28. The Balaban J connectivity index is 3.00. The molecule has 0 saturated heterocycles. The van der Waals surface area contributed by atoms with Crippen LogP contribution in [-0.2, 0) is 10.0 Å². The van der Waals surface area contributed by atoms with E-state index in [4.69, 9.17) is 11.6 Å². The lowest BCUT2D eigenvalue weighted by molar-refractivity contribution is 0.444. The molecule has 0 amide bonds. The summed E-state index contributed by atoms with van der Waals surface area (Å²) in [5, 5.41) is 0. The van der Waals surface area contributed by atoms with E-state index in [0.717, 1.165) is 4.47 Å². The van der Waals surface area contributed by atoms with Gasteiger partial charge in [0.1, 0.15) is 0 Å². The van der Waals surface area contributed by atoms with Gasteiger partial charge in [-0.2, -0.15) is 0 Å². The largest absolute Gasteiger partial charge is 0.241 e. The summed E-state index contributed by atoms with van der Waals surface area (Å²) in [6.45, 7) is 3.68. The standard InChI is InChI=1S/C11H15BrClNO2S/c1-3-11(2,8-13)14-17(15,16)10-6-4-9(12)5-7-10/h4-7,14H,3,8H2,1-2H3. The molecule has 3 nitrogen and oxygen atoms in total. The first-order chi connectivity index (χ1) is 7.83. The fourth-order valence-electron chi connectivity index (χ4n) is 1.19. The van der Waals surface area contributed by atoms with Crippen LogP contribution >= 0.6 is 27.5 Å². The van der Waals surface area contributed by atoms with Crippen molar-refractivity contribution in [2.24, 2.45) is 0 Å². The molecular formula is C11H15BrClNO2S. The van der Waals surface area contributed by atoms with Crippen molar-refractivity contribution in [2.75, 3.05) is 5.88 Å². The summed E-state index contributed by atoms with van der Waals surface area (Å²) in [6.07, 6.45) is 0.631. The van der Waals surface area contributed by atoms with Crippen LogP contribution in [0.2, 0.25) is 0 Å². The molecule has 96 valence electrons. The minimum absolute atomic E-state index is 0.235. The quantitative estimate of drug-likeness (QED) is 0.837. The van der Waals surface area contributed by atoms with Crippen LogP contribution in [0.1, 0.15) is 20.3 Å². The topological polar surface area (TPSA) is 46.2 Å². The second-order valence-corrected chi connectivity index (χ2v) is 6.97. The number of sulfonamides is 1. The second kappa shape index (κ2) is 5.69. The molecule has 0 spiro atoms. The van der Waals surface area contributed by atoms with Gasteiger partial charge in [-0.3, -0.25) is 0 Å². The summed E-state index contributed by atoms with van der Waals surface area (Å²) in [7, 11) is -3.51. The Kier molecular flexibility index (Phi) is 5.01. The second-order valence-electron chi connectivity index (χ2n) is 4.11. The first-order valence-corrected chi connectivity index (χ1v) is 7.99. The average Bonchev–Trinajstić information content (AvgIpc) is 2.29. The maximum absolute atomic E-state index is 12.1. The molecule has 1 aromatic rings. The van der Waals surface area contributed by atoms with Crippen molar-refractivity contribution in [1.82, 2.24) is 4.72 Å². The van der Waals surface area contributed by atoms with Gasteiger partial charge in [-0.25, -0.2) is 13.1 Å². The van der Waals surface area contributed by atoms with E-state index in [9.17, 15) is 8.42 Å². The van der Waals surface area contributed by atoms with Crippen LogP contribution in [0, 0.1) is 0 Å². The van der Waals surface area contributed by atoms with Crippen molar-refractivity contribution in [2.45, 2.75) is 30.7 Å². The average molecular weight is 341 g/mol. The van der Waals surface area contributed by atoms with E-state index in [1.54, 1.807) is 31.2 Å². The molecule has 6 heteroatoms. The smallest absolute Gasteiger partial charge is 0.207 e. The molecule has 0 saturated carbocycles. The van der Waals surface area contributed by atoms with Crippen LogP contribution in [0.15, 0.2) is 33.6 Å². The molecule has 1 N–H and O–H groups in total. The van der Waals surface area contributed by atoms with Crippen molar-refractivity contribution >= 4 is 37.6 Å². The van der Waals surface area contributed by atoms with Crippen molar-refractivity contribution in [3.63, 3.8) is 0 Å². The maximum atomic E-state index is 12.1. The Morgan fingerprint density at radius 3 is 2.29 bits per heavy atom. The van der Waals surface area contributed by atoms with E-state index in [2.05, 4.69) is 20.7 Å². The molecule has 17 heavy (non-hydrogen) atoms. The molecule has 1 rings (SSSR count). The van der Waals surface area contributed by atoms with Gasteiger partial charge in [0.15, 0.2) is 0 Å². The van der Waals surface area contributed by atoms with Crippen LogP contribution in [-0.4, -0.2) is 19.8 Å². The zero-order chi connectivity index (χ0) is 13.1. The molecule has 1 atom stereocenters. The normalized spacial score (nSPS) is 15.5. The Bertz CT molecular complexity index is 469. The van der Waals surface area contributed by atoms with Crippen LogP contribution in [0.3, 0.4) is 0 Å². The third kappa shape index (κ3) is 3.95. The number of hydrogen-bond donors (Lipinski definition) is 1. The molecule has 0 aromatic heterocycles. The Labute approximate surface area is 116 Å². The van der Waals surface area contributed by atoms with Crippen LogP contribution in [0.4, 0.5) is 0 Å². The summed E-state index contributed by atoms with van der Waals surface area (Å²) in [6, 6.07) is 6.49. The molecule has 0 radical (unpaired) electrons. The molecular weight excluding hydrogens is 326 g/mol. The van der Waals surface area contributed by atoms with Crippen molar-refractivity contribution in [3.8, 4) is 0 Å². The van der Waals surface area contributed by atoms with Gasteiger partial charge in [-0.15, -0.1) is 11.6 Å². The van der Waals surface area contributed by atoms with E-state index in [1.807, 2.05) is 6.92 Å². The summed E-state index contributed by atoms with van der Waals surface area (Å²) < 4.78 is 27.7. The number of benzene rings is 1. The summed E-state index contributed by atoms with van der Waals surface area (Å²) in [5.41, 5.74) is -0.618. The van der Waals surface area contributed by atoms with Crippen molar-refractivity contribution in [1.29, 1.82) is 0 Å². The van der Waals surface area contributed by atoms with Gasteiger partial charge < -0.3 is 0 Å². The highest BCUT2D eigenvalue weighted by atomic mass is 79.9. The van der Waals surface area contributed by atoms with E-state index < -0.39 is 15.6 Å². The molecule has 0 aliphatic carbocycles. The third-order valence-electron chi connectivity index (χ3n) is 2.58. The lowest BCUT2D eigenvalue weighted by Crippen LogP contribution is -2.46. The van der Waals surface area contributed by atoms with Gasteiger partial charge >= 0.3 is 0 Å². The van der Waals surface area contributed by atoms with Gasteiger partial charge in [-0.1, -0.05) is 22.9 Å². The van der Waals surface area contributed by atoms with Gasteiger partial charge in [-0.05, 0) is 37.6 Å². The maximum Gasteiger partial charge on any atom is 0.241 e. The fourth-order valence-corrected chi connectivity index (χ4v) is 3.27. The number of alkyl halides is 1. The third-order valence-corrected chi connectivity index (χ3v) is 5.35. The van der Waals surface area contributed by atoms with Crippen molar-refractivity contribution < 1.29 is 8.42 Å². The van der Waals surface area contributed by atoms with Gasteiger partial charge in [0.2, 0.25) is 10.0 Å². The number of hydrogen-bond acceptors (Lipinski definition) is 2. The molecule has 0 bridgehead atoms. The molecule has 0 aliphatic rings. The molecule has 1 aromatic carbocycles. The zero-order valence-corrected chi connectivity index (χ0v) is 12.9. The zero-order valence-electron chi connectivity index (χ0n) is 9.70. The van der Waals surface area contributed by atoms with Crippen molar-refractivity contribution in [3.05, 3.63) is 28.7 Å². The van der Waals surface area contributed by atoms with E-state index in [0.29, 0.717) is 6.42 Å². The monoisotopic (exact) mass is 339 g/mol. The number of halogens is 2. The Morgan fingerprint density at radius 1 is 1.35 bits per heavy atom. The minimum Gasteiger partial charge on any atom is -0.207 e. The summed E-state index contributed by atoms with van der Waals surface area (Å²) >= 11 is 9.06. The van der Waals surface area contributed by atoms with E-state index in [1.165, 1.54) is 0 Å². The predicted octanol–water partition coefficient (Wildman–Crippen LogP) is 3.13. The fraction of sp³-hybridized carbons (Fsp3) is 0.455. The highest BCUT2D eigenvalue weighted by Crippen LogP contribution is 2.19. The van der Waals surface area contributed by atoms with Crippen LogP contribution < -0.4 is 4.72 Å². The molecule has 0 heterocycles. The minimum atomic E-state index is -3.51. The number of rotatable bonds is 5. The summed E-state index contributed by atoms with van der Waals surface area (Å²) in [5.74, 6) is 0.235. The van der Waals surface area contributed by atoms with Crippen LogP contribution in [0.5, 0.6) is 0 Å². The molecule has 0 aliphatic heterocycles. The Morgan fingerprint density at radius 2 is 1.88 bits per heavy atom. The molecule has 1 unspecified atom stereocenters. The first kappa shape index (κ1) is 15.0. The first-order valence-electron chi connectivity index (χ1n) is 5.18. The van der Waals surface area contributed by atoms with E-state index in [-0.39, 0.29) is 10.8 Å². The number of nitrogens with one attached hydrogen (secondary N) is 1.